The molecule has 0 spiro atoms. The summed E-state index contributed by atoms with van der Waals surface area (Å²) in [6, 6.07) is 11.8. The average Bonchev–Trinajstić information content (AvgIpc) is 3.09. The zero-order valence-electron chi connectivity index (χ0n) is 14.7. The molecule has 3 aromatic rings. The topological polar surface area (TPSA) is 61.2 Å². The third kappa shape index (κ3) is 4.16. The summed E-state index contributed by atoms with van der Waals surface area (Å²) in [5, 5.41) is 1.13. The van der Waals surface area contributed by atoms with Crippen molar-refractivity contribution in [2.24, 2.45) is 7.05 Å². The van der Waals surface area contributed by atoms with Crippen LogP contribution < -0.4 is 5.56 Å². The van der Waals surface area contributed by atoms with Gasteiger partial charge in [-0.3, -0.25) is 14.2 Å². The Balaban J connectivity index is 1.82. The summed E-state index contributed by atoms with van der Waals surface area (Å²) in [4.78, 5) is 30.7. The Morgan fingerprint density at radius 3 is 2.81 bits per heavy atom. The average molecular weight is 389 g/mol. The number of hydrogen-bond acceptors (Lipinski definition) is 6. The molecule has 0 saturated carbocycles. The number of nitrogens with zero attached hydrogens (tertiary/aromatic N) is 2. The van der Waals surface area contributed by atoms with E-state index in [-0.39, 0.29) is 17.3 Å². The minimum absolute atomic E-state index is 0.102. The predicted molar refractivity (Wildman–Crippen MR) is 107 cm³/mol. The summed E-state index contributed by atoms with van der Waals surface area (Å²) < 4.78 is 6.65. The number of hydrogen-bond donors (Lipinski definition) is 0. The van der Waals surface area contributed by atoms with Gasteiger partial charge >= 0.3 is 5.97 Å². The van der Waals surface area contributed by atoms with Gasteiger partial charge in [0.25, 0.3) is 5.56 Å². The van der Waals surface area contributed by atoms with Crippen molar-refractivity contribution in [1.29, 1.82) is 0 Å². The zero-order chi connectivity index (χ0) is 18.5. The minimum Gasteiger partial charge on any atom is -0.465 e. The number of unbranched alkanes of at least 4 members (excludes halogenated alkanes) is 1. The van der Waals surface area contributed by atoms with Crippen molar-refractivity contribution < 1.29 is 9.53 Å². The summed E-state index contributed by atoms with van der Waals surface area (Å²) >= 11 is 2.72. The number of carbonyl (C=O) groups is 1. The molecule has 1 aromatic carbocycles. The van der Waals surface area contributed by atoms with Crippen LogP contribution in [0.1, 0.15) is 19.8 Å². The number of carbonyl (C=O) groups excluding carboxylic acids is 1. The number of esters is 1. The van der Waals surface area contributed by atoms with Crippen LogP contribution in [0.25, 0.3) is 20.7 Å². The first-order valence-electron chi connectivity index (χ1n) is 8.44. The molecule has 26 heavy (non-hydrogen) atoms. The number of ether oxygens (including phenoxy) is 1. The molecule has 3 rings (SSSR count). The fourth-order valence-electron chi connectivity index (χ4n) is 2.42. The molecule has 7 heteroatoms. The second-order valence-corrected chi connectivity index (χ2v) is 7.79. The van der Waals surface area contributed by atoms with Gasteiger partial charge in [-0.2, -0.15) is 0 Å². The Bertz CT molecular complexity index is 964. The molecule has 2 aromatic heterocycles. The van der Waals surface area contributed by atoms with E-state index in [1.165, 1.54) is 27.7 Å². The van der Waals surface area contributed by atoms with E-state index < -0.39 is 0 Å². The summed E-state index contributed by atoms with van der Waals surface area (Å²) in [5.41, 5.74) is 0.960. The van der Waals surface area contributed by atoms with E-state index in [9.17, 15) is 9.59 Å². The number of rotatable bonds is 7. The maximum absolute atomic E-state index is 12.6. The zero-order valence-corrected chi connectivity index (χ0v) is 16.4. The van der Waals surface area contributed by atoms with Crippen LogP contribution in [0.3, 0.4) is 0 Å². The smallest absolute Gasteiger partial charge is 0.316 e. The van der Waals surface area contributed by atoms with E-state index >= 15 is 0 Å². The molecule has 0 aliphatic rings. The molecule has 0 aliphatic carbocycles. The van der Waals surface area contributed by atoms with Gasteiger partial charge in [0.1, 0.15) is 4.83 Å². The first-order valence-corrected chi connectivity index (χ1v) is 10.2. The fraction of sp³-hybridized carbons (Fsp3) is 0.316. The minimum atomic E-state index is -0.283. The number of fused-ring (bicyclic) bond motifs is 1. The standard InChI is InChI=1S/C19H20N2O3S2/c1-3-4-10-24-16(22)12-25-19-20-17-14(18(23)21(19)2)11-15(26-17)13-8-6-5-7-9-13/h5-9,11H,3-4,10,12H2,1-2H3. The van der Waals surface area contributed by atoms with Gasteiger partial charge in [-0.15, -0.1) is 11.3 Å². The highest BCUT2D eigenvalue weighted by molar-refractivity contribution is 7.99. The summed E-state index contributed by atoms with van der Waals surface area (Å²) in [5.74, 6) is -0.138. The Kier molecular flexibility index (Phi) is 6.11. The number of aromatic nitrogens is 2. The lowest BCUT2D eigenvalue weighted by atomic mass is 10.2. The summed E-state index contributed by atoms with van der Waals surface area (Å²) in [6.07, 6.45) is 1.84. The molecule has 5 nitrogen and oxygen atoms in total. The highest BCUT2D eigenvalue weighted by Crippen LogP contribution is 2.31. The van der Waals surface area contributed by atoms with Crippen molar-refractivity contribution in [3.8, 4) is 10.4 Å². The van der Waals surface area contributed by atoms with Crippen molar-refractivity contribution in [3.63, 3.8) is 0 Å². The van der Waals surface area contributed by atoms with Crippen molar-refractivity contribution in [1.82, 2.24) is 9.55 Å². The van der Waals surface area contributed by atoms with Crippen LogP contribution in [-0.4, -0.2) is 27.9 Å². The van der Waals surface area contributed by atoms with E-state index in [0.29, 0.717) is 22.0 Å². The third-order valence-corrected chi connectivity index (χ3v) is 5.95. The van der Waals surface area contributed by atoms with Gasteiger partial charge in [0.2, 0.25) is 0 Å². The molecule has 0 atom stereocenters. The van der Waals surface area contributed by atoms with Crippen LogP contribution in [0.5, 0.6) is 0 Å². The second-order valence-electron chi connectivity index (χ2n) is 5.82. The van der Waals surface area contributed by atoms with E-state index in [4.69, 9.17) is 4.74 Å². The molecular formula is C19H20N2O3S2. The predicted octanol–water partition coefficient (Wildman–Crippen LogP) is 4.10. The van der Waals surface area contributed by atoms with Crippen molar-refractivity contribution in [2.45, 2.75) is 24.9 Å². The van der Waals surface area contributed by atoms with Crippen molar-refractivity contribution in [2.75, 3.05) is 12.4 Å². The molecule has 136 valence electrons. The lowest BCUT2D eigenvalue weighted by Crippen LogP contribution is -2.20. The summed E-state index contributed by atoms with van der Waals surface area (Å²) in [6.45, 7) is 2.48. The van der Waals surface area contributed by atoms with Gasteiger partial charge in [0, 0.05) is 11.9 Å². The first kappa shape index (κ1) is 18.7. The van der Waals surface area contributed by atoms with Crippen LogP contribution in [0.4, 0.5) is 0 Å². The molecule has 0 aliphatic heterocycles. The van der Waals surface area contributed by atoms with E-state index in [1.807, 2.05) is 43.3 Å². The van der Waals surface area contributed by atoms with Crippen molar-refractivity contribution in [3.05, 3.63) is 46.8 Å². The molecule has 0 saturated heterocycles. The molecule has 0 radical (unpaired) electrons. The number of benzene rings is 1. The van der Waals surface area contributed by atoms with Crippen LogP contribution in [0, 0.1) is 0 Å². The SMILES string of the molecule is CCCCOC(=O)CSc1nc2sc(-c3ccccc3)cc2c(=O)n1C. The highest BCUT2D eigenvalue weighted by atomic mass is 32.2. The lowest BCUT2D eigenvalue weighted by Gasteiger charge is -2.07. The number of thioether (sulfide) groups is 1. The van der Waals surface area contributed by atoms with Crippen LogP contribution in [-0.2, 0) is 16.6 Å². The van der Waals surface area contributed by atoms with Gasteiger partial charge in [-0.05, 0) is 18.1 Å². The maximum Gasteiger partial charge on any atom is 0.316 e. The molecule has 2 heterocycles. The van der Waals surface area contributed by atoms with E-state index in [1.54, 1.807) is 7.05 Å². The normalized spacial score (nSPS) is 11.0. The molecule has 0 bridgehead atoms. The van der Waals surface area contributed by atoms with Crippen molar-refractivity contribution >= 4 is 39.3 Å². The molecule has 0 fully saturated rings. The number of thiophene rings is 1. The molecular weight excluding hydrogens is 368 g/mol. The summed E-state index contributed by atoms with van der Waals surface area (Å²) in [7, 11) is 1.68. The van der Waals surface area contributed by atoms with Gasteiger partial charge in [0.15, 0.2) is 5.16 Å². The Hall–Kier alpha value is -2.12. The van der Waals surface area contributed by atoms with E-state index in [2.05, 4.69) is 4.98 Å². The molecule has 0 N–H and O–H groups in total. The fourth-order valence-corrected chi connectivity index (χ4v) is 4.26. The van der Waals surface area contributed by atoms with Crippen LogP contribution in [0.15, 0.2) is 46.3 Å². The molecule has 0 amide bonds. The monoisotopic (exact) mass is 388 g/mol. The van der Waals surface area contributed by atoms with Gasteiger partial charge in [0.05, 0.1) is 17.7 Å². The van der Waals surface area contributed by atoms with Gasteiger partial charge < -0.3 is 4.74 Å². The first-order chi connectivity index (χ1) is 12.6. The van der Waals surface area contributed by atoms with E-state index in [0.717, 1.165) is 23.3 Å². The second kappa shape index (κ2) is 8.51. The van der Waals surface area contributed by atoms with Gasteiger partial charge in [-0.1, -0.05) is 55.4 Å². The lowest BCUT2D eigenvalue weighted by molar-refractivity contribution is -0.140. The molecule has 0 unspecified atom stereocenters. The third-order valence-electron chi connectivity index (χ3n) is 3.87. The Morgan fingerprint density at radius 1 is 1.31 bits per heavy atom. The largest absolute Gasteiger partial charge is 0.465 e. The van der Waals surface area contributed by atoms with Gasteiger partial charge in [-0.25, -0.2) is 4.98 Å². The Labute approximate surface area is 160 Å². The quantitative estimate of drug-likeness (QED) is 0.264. The highest BCUT2D eigenvalue weighted by Gasteiger charge is 2.14. The maximum atomic E-state index is 12.6. The Morgan fingerprint density at radius 2 is 2.08 bits per heavy atom. The van der Waals surface area contributed by atoms with Crippen LogP contribution in [0.2, 0.25) is 0 Å². The van der Waals surface area contributed by atoms with Crippen LogP contribution >= 0.6 is 23.1 Å².